The molecule has 2 heterocycles. The SMILES string of the molecule is Cc1cc(C(=O)NCc2sccc2C)cc(N)n1. The van der Waals surface area contributed by atoms with Gasteiger partial charge in [0.25, 0.3) is 5.91 Å². The van der Waals surface area contributed by atoms with E-state index in [0.29, 0.717) is 17.9 Å². The fourth-order valence-electron chi connectivity index (χ4n) is 1.67. The van der Waals surface area contributed by atoms with Crippen LogP contribution in [0.25, 0.3) is 0 Å². The number of pyridine rings is 1. The van der Waals surface area contributed by atoms with Crippen molar-refractivity contribution in [2.24, 2.45) is 0 Å². The molecule has 0 aromatic carbocycles. The number of aryl methyl sites for hydroxylation is 2. The highest BCUT2D eigenvalue weighted by molar-refractivity contribution is 7.10. The molecule has 4 nitrogen and oxygen atoms in total. The number of nitrogens with zero attached hydrogens (tertiary/aromatic N) is 1. The lowest BCUT2D eigenvalue weighted by molar-refractivity contribution is 0.0951. The van der Waals surface area contributed by atoms with Crippen LogP contribution in [0, 0.1) is 13.8 Å². The number of thiophene rings is 1. The summed E-state index contributed by atoms with van der Waals surface area (Å²) in [5.74, 6) is 0.243. The van der Waals surface area contributed by atoms with Crippen LogP contribution >= 0.6 is 11.3 Å². The predicted molar refractivity (Wildman–Crippen MR) is 73.6 cm³/mol. The molecule has 2 aromatic heterocycles. The molecule has 2 aromatic rings. The summed E-state index contributed by atoms with van der Waals surface area (Å²) in [6.07, 6.45) is 0. The van der Waals surface area contributed by atoms with Crippen molar-refractivity contribution in [2.75, 3.05) is 5.73 Å². The average molecular weight is 261 g/mol. The Morgan fingerprint density at radius 1 is 1.44 bits per heavy atom. The Morgan fingerprint density at radius 3 is 2.83 bits per heavy atom. The molecule has 18 heavy (non-hydrogen) atoms. The van der Waals surface area contributed by atoms with Gasteiger partial charge >= 0.3 is 0 Å². The van der Waals surface area contributed by atoms with Gasteiger partial charge in [-0.15, -0.1) is 11.3 Å². The van der Waals surface area contributed by atoms with E-state index in [0.717, 1.165) is 5.69 Å². The standard InChI is InChI=1S/C13H15N3OS/c1-8-3-4-18-11(8)7-15-13(17)10-5-9(2)16-12(14)6-10/h3-6H,7H2,1-2H3,(H2,14,16)(H,15,17). The van der Waals surface area contributed by atoms with Gasteiger partial charge in [0.15, 0.2) is 0 Å². The van der Waals surface area contributed by atoms with Crippen LogP contribution in [-0.2, 0) is 6.54 Å². The van der Waals surface area contributed by atoms with E-state index in [1.165, 1.54) is 10.4 Å². The van der Waals surface area contributed by atoms with Crippen LogP contribution in [0.4, 0.5) is 5.82 Å². The van der Waals surface area contributed by atoms with Crippen LogP contribution in [0.1, 0.15) is 26.5 Å². The molecule has 0 spiro atoms. The summed E-state index contributed by atoms with van der Waals surface area (Å²) in [4.78, 5) is 17.2. The summed E-state index contributed by atoms with van der Waals surface area (Å²) >= 11 is 1.64. The number of hydrogen-bond donors (Lipinski definition) is 2. The first-order valence-corrected chi connectivity index (χ1v) is 6.49. The summed E-state index contributed by atoms with van der Waals surface area (Å²) in [6, 6.07) is 5.36. The second-order valence-corrected chi connectivity index (χ2v) is 5.13. The molecule has 0 bridgehead atoms. The van der Waals surface area contributed by atoms with Crippen molar-refractivity contribution in [2.45, 2.75) is 20.4 Å². The Balaban J connectivity index is 2.06. The van der Waals surface area contributed by atoms with E-state index in [1.807, 2.05) is 25.3 Å². The number of amides is 1. The minimum Gasteiger partial charge on any atom is -0.384 e. The van der Waals surface area contributed by atoms with Gasteiger partial charge < -0.3 is 11.1 Å². The van der Waals surface area contributed by atoms with Crippen LogP contribution in [0.5, 0.6) is 0 Å². The second kappa shape index (κ2) is 5.18. The van der Waals surface area contributed by atoms with Crippen molar-refractivity contribution in [3.05, 3.63) is 45.3 Å². The molecule has 5 heteroatoms. The van der Waals surface area contributed by atoms with E-state index in [1.54, 1.807) is 23.5 Å². The second-order valence-electron chi connectivity index (χ2n) is 4.13. The Hall–Kier alpha value is -1.88. The summed E-state index contributed by atoms with van der Waals surface area (Å²) < 4.78 is 0. The van der Waals surface area contributed by atoms with Crippen LogP contribution < -0.4 is 11.1 Å². The number of nitrogens with one attached hydrogen (secondary N) is 1. The Labute approximate surface area is 110 Å². The molecule has 0 fully saturated rings. The van der Waals surface area contributed by atoms with Gasteiger partial charge in [0.1, 0.15) is 5.82 Å². The lowest BCUT2D eigenvalue weighted by atomic mass is 10.2. The highest BCUT2D eigenvalue weighted by atomic mass is 32.1. The quantitative estimate of drug-likeness (QED) is 0.890. The zero-order chi connectivity index (χ0) is 13.1. The molecular formula is C13H15N3OS. The minimum absolute atomic E-state index is 0.125. The maximum Gasteiger partial charge on any atom is 0.251 e. The van der Waals surface area contributed by atoms with Gasteiger partial charge in [0.2, 0.25) is 0 Å². The third-order valence-corrected chi connectivity index (χ3v) is 3.64. The normalized spacial score (nSPS) is 10.3. The van der Waals surface area contributed by atoms with E-state index >= 15 is 0 Å². The van der Waals surface area contributed by atoms with E-state index in [-0.39, 0.29) is 5.91 Å². The van der Waals surface area contributed by atoms with Crippen LogP contribution in [0.3, 0.4) is 0 Å². The number of carbonyl (C=O) groups is 1. The lowest BCUT2D eigenvalue weighted by Crippen LogP contribution is -2.23. The fourth-order valence-corrected chi connectivity index (χ4v) is 2.52. The zero-order valence-electron chi connectivity index (χ0n) is 10.4. The van der Waals surface area contributed by atoms with Gasteiger partial charge in [0, 0.05) is 16.1 Å². The first kappa shape index (κ1) is 12.6. The zero-order valence-corrected chi connectivity index (χ0v) is 11.2. The molecule has 0 radical (unpaired) electrons. The molecule has 0 aliphatic heterocycles. The number of nitrogen functional groups attached to an aromatic ring is 1. The lowest BCUT2D eigenvalue weighted by Gasteiger charge is -2.06. The summed E-state index contributed by atoms with van der Waals surface area (Å²) in [7, 11) is 0. The molecule has 0 saturated heterocycles. The highest BCUT2D eigenvalue weighted by Gasteiger charge is 2.08. The number of aromatic nitrogens is 1. The van der Waals surface area contributed by atoms with Gasteiger partial charge in [-0.3, -0.25) is 4.79 Å². The first-order chi connectivity index (χ1) is 8.56. The minimum atomic E-state index is -0.125. The molecular weight excluding hydrogens is 246 g/mol. The van der Waals surface area contributed by atoms with Gasteiger partial charge in [0.05, 0.1) is 6.54 Å². The smallest absolute Gasteiger partial charge is 0.251 e. The fraction of sp³-hybridized carbons (Fsp3) is 0.231. The average Bonchev–Trinajstić information content (AvgIpc) is 2.70. The monoisotopic (exact) mass is 261 g/mol. The molecule has 3 N–H and O–H groups in total. The molecule has 0 aliphatic carbocycles. The molecule has 0 aliphatic rings. The van der Waals surface area contributed by atoms with Crippen molar-refractivity contribution in [3.63, 3.8) is 0 Å². The number of anilines is 1. The largest absolute Gasteiger partial charge is 0.384 e. The maximum atomic E-state index is 12.0. The summed E-state index contributed by atoms with van der Waals surface area (Å²) in [5, 5.41) is 4.90. The van der Waals surface area contributed by atoms with E-state index in [4.69, 9.17) is 5.73 Å². The highest BCUT2D eigenvalue weighted by Crippen LogP contribution is 2.15. The van der Waals surface area contributed by atoms with E-state index < -0.39 is 0 Å². The van der Waals surface area contributed by atoms with Crippen molar-refractivity contribution in [1.82, 2.24) is 10.3 Å². The molecule has 0 unspecified atom stereocenters. The molecule has 94 valence electrons. The molecule has 0 saturated carbocycles. The number of hydrogen-bond acceptors (Lipinski definition) is 4. The van der Waals surface area contributed by atoms with Crippen LogP contribution in [-0.4, -0.2) is 10.9 Å². The van der Waals surface area contributed by atoms with Gasteiger partial charge in [-0.05, 0) is 43.0 Å². The van der Waals surface area contributed by atoms with Gasteiger partial charge in [-0.1, -0.05) is 0 Å². The number of rotatable bonds is 3. The number of carbonyl (C=O) groups excluding carboxylic acids is 1. The Morgan fingerprint density at radius 2 is 2.22 bits per heavy atom. The van der Waals surface area contributed by atoms with Gasteiger partial charge in [-0.2, -0.15) is 0 Å². The van der Waals surface area contributed by atoms with Crippen LogP contribution in [0.15, 0.2) is 23.6 Å². The van der Waals surface area contributed by atoms with Crippen molar-refractivity contribution < 1.29 is 4.79 Å². The summed E-state index contributed by atoms with van der Waals surface area (Å²) in [5.41, 5.74) is 8.12. The summed E-state index contributed by atoms with van der Waals surface area (Å²) in [6.45, 7) is 4.40. The Kier molecular flexibility index (Phi) is 3.62. The third kappa shape index (κ3) is 2.87. The predicted octanol–water partition coefficient (Wildman–Crippen LogP) is 2.27. The van der Waals surface area contributed by atoms with Crippen LogP contribution in [0.2, 0.25) is 0 Å². The number of nitrogens with two attached hydrogens (primary N) is 1. The molecule has 1 amide bonds. The maximum absolute atomic E-state index is 12.0. The van der Waals surface area contributed by atoms with E-state index in [9.17, 15) is 4.79 Å². The Bertz CT molecular complexity index is 557. The third-order valence-electron chi connectivity index (χ3n) is 2.61. The molecule has 2 rings (SSSR count). The van der Waals surface area contributed by atoms with Crippen molar-refractivity contribution in [1.29, 1.82) is 0 Å². The van der Waals surface area contributed by atoms with Crippen molar-refractivity contribution >= 4 is 23.1 Å². The topological polar surface area (TPSA) is 68.0 Å². The molecule has 0 atom stereocenters. The van der Waals surface area contributed by atoms with Crippen molar-refractivity contribution in [3.8, 4) is 0 Å². The van der Waals surface area contributed by atoms with E-state index in [2.05, 4.69) is 10.3 Å². The first-order valence-electron chi connectivity index (χ1n) is 5.61. The van der Waals surface area contributed by atoms with Gasteiger partial charge in [-0.25, -0.2) is 4.98 Å².